The van der Waals surface area contributed by atoms with Crippen LogP contribution in [-0.4, -0.2) is 17.0 Å². The van der Waals surface area contributed by atoms with E-state index in [0.717, 1.165) is 10.9 Å². The van der Waals surface area contributed by atoms with Crippen LogP contribution in [0.4, 0.5) is 5.69 Å². The zero-order chi connectivity index (χ0) is 16.2. The van der Waals surface area contributed by atoms with Crippen molar-refractivity contribution in [2.24, 2.45) is 0 Å². The fourth-order valence-electron chi connectivity index (χ4n) is 2.34. The molecular weight excluding hydrogens is 296 g/mol. The molecule has 0 aliphatic rings. The van der Waals surface area contributed by atoms with Crippen LogP contribution in [0.1, 0.15) is 5.56 Å². The third-order valence-corrected chi connectivity index (χ3v) is 3.45. The fourth-order valence-corrected chi connectivity index (χ4v) is 2.34. The number of fused-ring (bicyclic) bond motifs is 1. The second kappa shape index (κ2) is 6.31. The minimum atomic E-state index is -0.442. The summed E-state index contributed by atoms with van der Waals surface area (Å²) >= 11 is 0. The first-order chi connectivity index (χ1) is 11.2. The van der Waals surface area contributed by atoms with Crippen LogP contribution in [0.2, 0.25) is 0 Å². The predicted octanol–water partition coefficient (Wildman–Crippen LogP) is 3.73. The maximum absolute atomic E-state index is 10.9. The molecule has 0 bridgehead atoms. The SMILES string of the molecule is COc1ccc([N+](=O)[O-])cc1COc1cccc2cccnc12. The first kappa shape index (κ1) is 14.8. The third kappa shape index (κ3) is 3.06. The second-order valence-electron chi connectivity index (χ2n) is 4.87. The van der Waals surface area contributed by atoms with Crippen molar-refractivity contribution in [1.29, 1.82) is 0 Å². The molecule has 0 atom stereocenters. The van der Waals surface area contributed by atoms with Gasteiger partial charge in [0.2, 0.25) is 0 Å². The topological polar surface area (TPSA) is 74.5 Å². The van der Waals surface area contributed by atoms with Gasteiger partial charge in [0.1, 0.15) is 23.6 Å². The summed E-state index contributed by atoms with van der Waals surface area (Å²) in [5, 5.41) is 11.9. The maximum atomic E-state index is 10.9. The molecule has 23 heavy (non-hydrogen) atoms. The number of nitro groups is 1. The van der Waals surface area contributed by atoms with Gasteiger partial charge in [-0.1, -0.05) is 18.2 Å². The first-order valence-corrected chi connectivity index (χ1v) is 6.97. The van der Waals surface area contributed by atoms with Gasteiger partial charge < -0.3 is 9.47 Å². The normalized spacial score (nSPS) is 10.5. The number of nitrogens with zero attached hydrogens (tertiary/aromatic N) is 2. The Bertz CT molecular complexity index is 859. The van der Waals surface area contributed by atoms with E-state index in [2.05, 4.69) is 4.98 Å². The van der Waals surface area contributed by atoms with Crippen molar-refractivity contribution in [3.63, 3.8) is 0 Å². The highest BCUT2D eigenvalue weighted by molar-refractivity contribution is 5.84. The molecule has 0 fully saturated rings. The molecule has 116 valence electrons. The van der Waals surface area contributed by atoms with Gasteiger partial charge in [-0.2, -0.15) is 0 Å². The number of methoxy groups -OCH3 is 1. The van der Waals surface area contributed by atoms with Gasteiger partial charge in [0.15, 0.2) is 0 Å². The number of non-ortho nitro benzene ring substituents is 1. The van der Waals surface area contributed by atoms with Crippen LogP contribution in [-0.2, 0) is 6.61 Å². The lowest BCUT2D eigenvalue weighted by atomic mass is 10.2. The van der Waals surface area contributed by atoms with Gasteiger partial charge in [-0.3, -0.25) is 15.1 Å². The highest BCUT2D eigenvalue weighted by Gasteiger charge is 2.12. The minimum absolute atomic E-state index is 0.000412. The van der Waals surface area contributed by atoms with Crippen LogP contribution in [0.15, 0.2) is 54.7 Å². The van der Waals surface area contributed by atoms with Crippen molar-refractivity contribution in [2.45, 2.75) is 6.61 Å². The summed E-state index contributed by atoms with van der Waals surface area (Å²) in [7, 11) is 1.52. The number of hydrogen-bond acceptors (Lipinski definition) is 5. The van der Waals surface area contributed by atoms with Crippen molar-refractivity contribution in [3.8, 4) is 11.5 Å². The van der Waals surface area contributed by atoms with Gasteiger partial charge in [-0.25, -0.2) is 0 Å². The molecule has 0 N–H and O–H groups in total. The van der Waals surface area contributed by atoms with E-state index in [0.29, 0.717) is 17.1 Å². The molecule has 0 unspecified atom stereocenters. The molecule has 1 heterocycles. The minimum Gasteiger partial charge on any atom is -0.496 e. The van der Waals surface area contributed by atoms with Gasteiger partial charge >= 0.3 is 0 Å². The van der Waals surface area contributed by atoms with Gasteiger partial charge in [0.05, 0.1) is 12.0 Å². The molecular formula is C17H14N2O4. The monoisotopic (exact) mass is 310 g/mol. The molecule has 6 heteroatoms. The summed E-state index contributed by atoms with van der Waals surface area (Å²) in [5.74, 6) is 1.17. The molecule has 1 aromatic heterocycles. The fraction of sp³-hybridized carbons (Fsp3) is 0.118. The Labute approximate surface area is 132 Å². The lowest BCUT2D eigenvalue weighted by Crippen LogP contribution is -2.01. The van der Waals surface area contributed by atoms with Crippen molar-refractivity contribution in [3.05, 3.63) is 70.4 Å². The highest BCUT2D eigenvalue weighted by atomic mass is 16.6. The van der Waals surface area contributed by atoms with E-state index in [-0.39, 0.29) is 12.3 Å². The Hall–Kier alpha value is -3.15. The Morgan fingerprint density at radius 2 is 1.96 bits per heavy atom. The second-order valence-corrected chi connectivity index (χ2v) is 4.87. The Balaban J connectivity index is 1.90. The zero-order valence-electron chi connectivity index (χ0n) is 12.4. The highest BCUT2D eigenvalue weighted by Crippen LogP contribution is 2.28. The van der Waals surface area contributed by atoms with Crippen molar-refractivity contribution in [1.82, 2.24) is 4.98 Å². The molecule has 2 aromatic carbocycles. The number of rotatable bonds is 5. The third-order valence-electron chi connectivity index (χ3n) is 3.45. The summed E-state index contributed by atoms with van der Waals surface area (Å²) in [6, 6.07) is 13.9. The molecule has 0 aliphatic heterocycles. The lowest BCUT2D eigenvalue weighted by molar-refractivity contribution is -0.385. The summed E-state index contributed by atoms with van der Waals surface area (Å²) in [4.78, 5) is 14.8. The van der Waals surface area contributed by atoms with E-state index >= 15 is 0 Å². The van der Waals surface area contributed by atoms with Crippen LogP contribution in [0, 0.1) is 10.1 Å². The summed E-state index contributed by atoms with van der Waals surface area (Å²) in [6.07, 6.45) is 1.70. The summed E-state index contributed by atoms with van der Waals surface area (Å²) < 4.78 is 11.1. The van der Waals surface area contributed by atoms with Gasteiger partial charge in [0.25, 0.3) is 5.69 Å². The quantitative estimate of drug-likeness (QED) is 0.530. The standard InChI is InChI=1S/C17H14N2O4/c1-22-15-8-7-14(19(20)21)10-13(15)11-23-16-6-2-4-12-5-3-9-18-17(12)16/h2-10H,11H2,1H3. The lowest BCUT2D eigenvalue weighted by Gasteiger charge is -2.11. The molecule has 6 nitrogen and oxygen atoms in total. The molecule has 3 aromatic rings. The van der Waals surface area contributed by atoms with Crippen LogP contribution in [0.25, 0.3) is 10.9 Å². The largest absolute Gasteiger partial charge is 0.496 e. The molecule has 0 amide bonds. The summed E-state index contributed by atoms with van der Waals surface area (Å²) in [5.41, 5.74) is 1.36. The number of hydrogen-bond donors (Lipinski definition) is 0. The molecule has 3 rings (SSSR count). The van der Waals surface area contributed by atoms with Crippen LogP contribution >= 0.6 is 0 Å². The van der Waals surface area contributed by atoms with Crippen LogP contribution in [0.5, 0.6) is 11.5 Å². The van der Waals surface area contributed by atoms with E-state index < -0.39 is 4.92 Å². The molecule has 0 saturated carbocycles. The van der Waals surface area contributed by atoms with Crippen LogP contribution < -0.4 is 9.47 Å². The average molecular weight is 310 g/mol. The molecule has 0 saturated heterocycles. The predicted molar refractivity (Wildman–Crippen MR) is 85.7 cm³/mol. The van der Waals surface area contributed by atoms with Gasteiger partial charge in [-0.15, -0.1) is 0 Å². The van der Waals surface area contributed by atoms with Gasteiger partial charge in [0, 0.05) is 29.3 Å². The number of aromatic nitrogens is 1. The van der Waals surface area contributed by atoms with E-state index in [4.69, 9.17) is 9.47 Å². The van der Waals surface area contributed by atoms with Gasteiger partial charge in [-0.05, 0) is 18.2 Å². The number of ether oxygens (including phenoxy) is 2. The van der Waals surface area contributed by atoms with E-state index in [1.807, 2.05) is 30.3 Å². The zero-order valence-corrected chi connectivity index (χ0v) is 12.4. The molecule has 0 aliphatic carbocycles. The van der Waals surface area contributed by atoms with Crippen molar-refractivity contribution in [2.75, 3.05) is 7.11 Å². The molecule has 0 radical (unpaired) electrons. The van der Waals surface area contributed by atoms with Crippen molar-refractivity contribution < 1.29 is 14.4 Å². The number of pyridine rings is 1. The summed E-state index contributed by atoms with van der Waals surface area (Å²) in [6.45, 7) is 0.153. The maximum Gasteiger partial charge on any atom is 0.270 e. The average Bonchev–Trinajstić information content (AvgIpc) is 2.59. The Morgan fingerprint density at radius 3 is 2.74 bits per heavy atom. The number of benzene rings is 2. The Morgan fingerprint density at radius 1 is 1.13 bits per heavy atom. The van der Waals surface area contributed by atoms with E-state index in [1.165, 1.54) is 19.2 Å². The number of nitro benzene ring substituents is 1. The molecule has 0 spiro atoms. The van der Waals surface area contributed by atoms with E-state index in [1.54, 1.807) is 12.3 Å². The number of para-hydroxylation sites is 1. The van der Waals surface area contributed by atoms with Crippen LogP contribution in [0.3, 0.4) is 0 Å². The van der Waals surface area contributed by atoms with E-state index in [9.17, 15) is 10.1 Å². The van der Waals surface area contributed by atoms with Crippen molar-refractivity contribution >= 4 is 16.6 Å². The first-order valence-electron chi connectivity index (χ1n) is 6.97. The smallest absolute Gasteiger partial charge is 0.270 e. The Kier molecular flexibility index (Phi) is 4.05.